The molecule has 0 N–H and O–H groups in total. The SMILES string of the molecule is COC[C@H]1C[C@@H]2OCCN(S(=O)(=O)c3cn(C)cn3)[C@H]2C1. The molecule has 0 unspecified atom stereocenters. The number of hydrogen-bond donors (Lipinski definition) is 0. The van der Waals surface area contributed by atoms with Gasteiger partial charge in [-0.3, -0.25) is 0 Å². The lowest BCUT2D eigenvalue weighted by molar-refractivity contribution is -0.0251. The maximum Gasteiger partial charge on any atom is 0.262 e. The van der Waals surface area contributed by atoms with Gasteiger partial charge in [-0.1, -0.05) is 0 Å². The summed E-state index contributed by atoms with van der Waals surface area (Å²) in [6.07, 6.45) is 4.66. The second-order valence-corrected chi connectivity index (χ2v) is 7.60. The molecule has 0 aromatic carbocycles. The monoisotopic (exact) mass is 315 g/mol. The van der Waals surface area contributed by atoms with E-state index in [-0.39, 0.29) is 17.2 Å². The summed E-state index contributed by atoms with van der Waals surface area (Å²) < 4.78 is 39.7. The predicted molar refractivity (Wildman–Crippen MR) is 75.2 cm³/mol. The fourth-order valence-corrected chi connectivity index (χ4v) is 4.94. The summed E-state index contributed by atoms with van der Waals surface area (Å²) in [5, 5.41) is 0.112. The number of imidazole rings is 1. The van der Waals surface area contributed by atoms with Gasteiger partial charge in [0, 0.05) is 33.5 Å². The van der Waals surface area contributed by atoms with Gasteiger partial charge in [0.1, 0.15) is 0 Å². The molecule has 0 radical (unpaired) electrons. The van der Waals surface area contributed by atoms with Crippen LogP contribution in [-0.2, 0) is 26.5 Å². The van der Waals surface area contributed by atoms with Gasteiger partial charge in [-0.15, -0.1) is 0 Å². The first-order chi connectivity index (χ1) is 10.0. The lowest BCUT2D eigenvalue weighted by Crippen LogP contribution is -2.51. The molecule has 8 heteroatoms. The number of rotatable bonds is 4. The van der Waals surface area contributed by atoms with Crippen molar-refractivity contribution in [3.63, 3.8) is 0 Å². The van der Waals surface area contributed by atoms with Crippen molar-refractivity contribution < 1.29 is 17.9 Å². The Bertz CT molecular complexity index is 600. The number of nitrogens with zero attached hydrogens (tertiary/aromatic N) is 3. The molecule has 7 nitrogen and oxygen atoms in total. The van der Waals surface area contributed by atoms with Crippen LogP contribution in [0.15, 0.2) is 17.6 Å². The van der Waals surface area contributed by atoms with Crippen LogP contribution in [0.5, 0.6) is 0 Å². The number of morpholine rings is 1. The highest BCUT2D eigenvalue weighted by Gasteiger charge is 2.46. The topological polar surface area (TPSA) is 73.7 Å². The van der Waals surface area contributed by atoms with Crippen molar-refractivity contribution in [2.75, 3.05) is 26.9 Å². The lowest BCUT2D eigenvalue weighted by Gasteiger charge is -2.35. The van der Waals surface area contributed by atoms with Crippen LogP contribution in [0.1, 0.15) is 12.8 Å². The maximum atomic E-state index is 12.8. The number of methoxy groups -OCH3 is 1. The lowest BCUT2D eigenvalue weighted by atomic mass is 10.1. The zero-order valence-corrected chi connectivity index (χ0v) is 13.1. The molecule has 3 atom stereocenters. The summed E-state index contributed by atoms with van der Waals surface area (Å²) in [6, 6.07) is -0.106. The summed E-state index contributed by atoms with van der Waals surface area (Å²) in [5.41, 5.74) is 0. The van der Waals surface area contributed by atoms with Crippen LogP contribution in [0.3, 0.4) is 0 Å². The minimum atomic E-state index is -3.55. The van der Waals surface area contributed by atoms with E-state index in [1.807, 2.05) is 0 Å². The van der Waals surface area contributed by atoms with Crippen molar-refractivity contribution in [1.82, 2.24) is 13.9 Å². The van der Waals surface area contributed by atoms with Crippen molar-refractivity contribution in [2.45, 2.75) is 30.0 Å². The number of aryl methyl sites for hydroxylation is 1. The van der Waals surface area contributed by atoms with E-state index < -0.39 is 10.0 Å². The molecule has 1 saturated carbocycles. The average molecular weight is 315 g/mol. The van der Waals surface area contributed by atoms with Crippen molar-refractivity contribution in [3.05, 3.63) is 12.5 Å². The van der Waals surface area contributed by atoms with Gasteiger partial charge >= 0.3 is 0 Å². The first kappa shape index (κ1) is 15.0. The minimum Gasteiger partial charge on any atom is -0.384 e. The quantitative estimate of drug-likeness (QED) is 0.795. The molecular weight excluding hydrogens is 294 g/mol. The second-order valence-electron chi connectivity index (χ2n) is 5.76. The predicted octanol–water partition coefficient (Wildman–Crippen LogP) is 0.235. The zero-order chi connectivity index (χ0) is 15.0. The van der Waals surface area contributed by atoms with E-state index in [1.54, 1.807) is 29.2 Å². The van der Waals surface area contributed by atoms with E-state index in [4.69, 9.17) is 9.47 Å². The van der Waals surface area contributed by atoms with Crippen LogP contribution in [0.2, 0.25) is 0 Å². The van der Waals surface area contributed by atoms with Gasteiger partial charge in [-0.25, -0.2) is 13.4 Å². The Hall–Kier alpha value is -0.960. The number of aromatic nitrogens is 2. The maximum absolute atomic E-state index is 12.8. The number of fused-ring (bicyclic) bond motifs is 1. The van der Waals surface area contributed by atoms with E-state index in [1.165, 1.54) is 6.33 Å². The molecule has 1 saturated heterocycles. The number of ether oxygens (including phenoxy) is 2. The van der Waals surface area contributed by atoms with Crippen molar-refractivity contribution in [3.8, 4) is 0 Å². The second kappa shape index (κ2) is 5.68. The molecule has 0 amide bonds. The van der Waals surface area contributed by atoms with Crippen LogP contribution in [0, 0.1) is 5.92 Å². The number of sulfonamides is 1. The third kappa shape index (κ3) is 2.73. The van der Waals surface area contributed by atoms with Gasteiger partial charge in [0.25, 0.3) is 10.0 Å². The van der Waals surface area contributed by atoms with E-state index >= 15 is 0 Å². The highest BCUT2D eigenvalue weighted by molar-refractivity contribution is 7.89. The van der Waals surface area contributed by atoms with Crippen LogP contribution < -0.4 is 0 Å². The summed E-state index contributed by atoms with van der Waals surface area (Å²) in [4.78, 5) is 4.00. The Morgan fingerprint density at radius 2 is 2.29 bits per heavy atom. The molecule has 1 aromatic heterocycles. The molecule has 21 heavy (non-hydrogen) atoms. The van der Waals surface area contributed by atoms with E-state index in [0.29, 0.717) is 25.7 Å². The van der Waals surface area contributed by atoms with Gasteiger partial charge < -0.3 is 14.0 Å². The Labute approximate surface area is 124 Å². The van der Waals surface area contributed by atoms with Gasteiger partial charge in [-0.2, -0.15) is 4.31 Å². The fraction of sp³-hybridized carbons (Fsp3) is 0.769. The van der Waals surface area contributed by atoms with Crippen molar-refractivity contribution in [2.24, 2.45) is 13.0 Å². The smallest absolute Gasteiger partial charge is 0.262 e. The molecule has 2 heterocycles. The Kier molecular flexibility index (Phi) is 4.04. The third-order valence-electron chi connectivity index (χ3n) is 4.24. The fourth-order valence-electron chi connectivity index (χ4n) is 3.33. The number of hydrogen-bond acceptors (Lipinski definition) is 5. The standard InChI is InChI=1S/C13H21N3O4S/c1-15-7-13(14-9-15)21(17,18)16-3-4-20-12-6-10(8-19-2)5-11(12)16/h7,9-12H,3-6,8H2,1-2H3/t10-,11+,12+/m1/s1. The molecule has 118 valence electrons. The summed E-state index contributed by atoms with van der Waals surface area (Å²) >= 11 is 0. The zero-order valence-electron chi connectivity index (χ0n) is 12.3. The third-order valence-corrected chi connectivity index (χ3v) is 6.05. The first-order valence-corrected chi connectivity index (χ1v) is 8.56. The summed E-state index contributed by atoms with van der Waals surface area (Å²) in [6.45, 7) is 1.47. The van der Waals surface area contributed by atoms with Gasteiger partial charge in [0.15, 0.2) is 5.03 Å². The van der Waals surface area contributed by atoms with Crippen LogP contribution in [0.25, 0.3) is 0 Å². The Morgan fingerprint density at radius 1 is 1.48 bits per heavy atom. The molecule has 2 fully saturated rings. The first-order valence-electron chi connectivity index (χ1n) is 7.12. The van der Waals surface area contributed by atoms with Crippen LogP contribution in [0.4, 0.5) is 0 Å². The molecule has 1 aromatic rings. The van der Waals surface area contributed by atoms with Gasteiger partial charge in [-0.05, 0) is 18.8 Å². The molecule has 0 spiro atoms. The largest absolute Gasteiger partial charge is 0.384 e. The van der Waals surface area contributed by atoms with Crippen molar-refractivity contribution >= 4 is 10.0 Å². The average Bonchev–Trinajstić information content (AvgIpc) is 3.04. The minimum absolute atomic E-state index is 0.0302. The van der Waals surface area contributed by atoms with E-state index in [2.05, 4.69) is 4.98 Å². The molecule has 1 aliphatic carbocycles. The summed E-state index contributed by atoms with van der Waals surface area (Å²) in [5.74, 6) is 0.351. The van der Waals surface area contributed by atoms with Crippen molar-refractivity contribution in [1.29, 1.82) is 0 Å². The van der Waals surface area contributed by atoms with Crippen LogP contribution in [-0.4, -0.2) is 61.3 Å². The molecule has 0 bridgehead atoms. The molecule has 3 rings (SSSR count). The molecule has 2 aliphatic rings. The highest BCUT2D eigenvalue weighted by atomic mass is 32.2. The van der Waals surface area contributed by atoms with E-state index in [9.17, 15) is 8.42 Å². The Morgan fingerprint density at radius 3 is 2.95 bits per heavy atom. The molecular formula is C13H21N3O4S. The van der Waals surface area contributed by atoms with Gasteiger partial charge in [0.05, 0.1) is 25.1 Å². The Balaban J connectivity index is 1.84. The van der Waals surface area contributed by atoms with Crippen LogP contribution >= 0.6 is 0 Å². The highest BCUT2D eigenvalue weighted by Crippen LogP contribution is 2.36. The molecule has 1 aliphatic heterocycles. The van der Waals surface area contributed by atoms with E-state index in [0.717, 1.165) is 12.8 Å². The normalized spacial score (nSPS) is 30.5. The summed E-state index contributed by atoms with van der Waals surface area (Å²) in [7, 11) is -0.119. The van der Waals surface area contributed by atoms with Gasteiger partial charge in [0.2, 0.25) is 0 Å².